The Labute approximate surface area is 139 Å². The molecule has 1 atom stereocenters. The third-order valence-electron chi connectivity index (χ3n) is 5.26. The summed E-state index contributed by atoms with van der Waals surface area (Å²) in [4.78, 5) is 0. The van der Waals surface area contributed by atoms with Gasteiger partial charge in [-0.15, -0.1) is 0 Å². The van der Waals surface area contributed by atoms with Crippen LogP contribution in [0.4, 0.5) is 0 Å². The number of allylic oxidation sites excluding steroid dienone is 1. The Morgan fingerprint density at radius 3 is 1.95 bits per heavy atom. The van der Waals surface area contributed by atoms with Crippen molar-refractivity contribution >= 4 is 21.6 Å². The third-order valence-corrected chi connectivity index (χ3v) is 13.6. The van der Waals surface area contributed by atoms with Gasteiger partial charge in [0.25, 0.3) is 0 Å². The molecule has 0 radical (unpaired) electrons. The molecule has 1 aromatic rings. The van der Waals surface area contributed by atoms with E-state index in [0.717, 1.165) is 0 Å². The van der Waals surface area contributed by atoms with Crippen LogP contribution in [0.15, 0.2) is 42.0 Å². The van der Waals surface area contributed by atoms with Gasteiger partial charge < -0.3 is 4.43 Å². The Bertz CT molecular complexity index is 510. The molecule has 0 heterocycles. The number of hydrogen-bond acceptors (Lipinski definition) is 1. The van der Waals surface area contributed by atoms with Crippen molar-refractivity contribution in [3.63, 3.8) is 0 Å². The van der Waals surface area contributed by atoms with Gasteiger partial charge in [0, 0.05) is 0 Å². The van der Waals surface area contributed by atoms with Crippen LogP contribution in [0.1, 0.15) is 34.6 Å². The highest BCUT2D eigenvalue weighted by atomic mass is 28.4. The van der Waals surface area contributed by atoms with Gasteiger partial charge in [0.15, 0.2) is 8.32 Å². The topological polar surface area (TPSA) is 9.23 Å². The zero-order chi connectivity index (χ0) is 17.2. The highest BCUT2D eigenvalue weighted by Gasteiger charge is 2.44. The molecule has 0 aliphatic rings. The molecule has 22 heavy (non-hydrogen) atoms. The second-order valence-corrected chi connectivity index (χ2v) is 17.7. The lowest BCUT2D eigenvalue weighted by atomic mass is 10.2. The second kappa shape index (κ2) is 6.85. The summed E-state index contributed by atoms with van der Waals surface area (Å²) in [6.07, 6.45) is 2.23. The molecule has 1 rings (SSSR count). The molecule has 0 amide bonds. The molecular weight excluding hydrogens is 300 g/mol. The van der Waals surface area contributed by atoms with Gasteiger partial charge in [-0.25, -0.2) is 0 Å². The first-order chi connectivity index (χ1) is 9.93. The Hall–Kier alpha value is -0.646. The maximum absolute atomic E-state index is 6.91. The van der Waals surface area contributed by atoms with E-state index in [-0.39, 0.29) is 10.8 Å². The summed E-state index contributed by atoms with van der Waals surface area (Å²) < 4.78 is 6.91. The van der Waals surface area contributed by atoms with Crippen molar-refractivity contribution in [3.05, 3.63) is 42.0 Å². The molecule has 0 aliphatic carbocycles. The molecular formula is C19H34OSi2. The molecule has 0 N–H and O–H groups in total. The summed E-state index contributed by atoms with van der Waals surface area (Å²) in [5.74, 6) is 0. The van der Waals surface area contributed by atoms with Crippen LogP contribution < -0.4 is 5.19 Å². The molecule has 0 aliphatic heterocycles. The van der Waals surface area contributed by atoms with Crippen LogP contribution in [-0.4, -0.2) is 22.1 Å². The largest absolute Gasteiger partial charge is 0.413 e. The molecule has 124 valence electrons. The van der Waals surface area contributed by atoms with E-state index in [1.807, 2.05) is 0 Å². The van der Waals surface area contributed by atoms with Crippen molar-refractivity contribution in [2.24, 2.45) is 0 Å². The Morgan fingerprint density at radius 1 is 1.05 bits per heavy atom. The summed E-state index contributed by atoms with van der Waals surface area (Å²) in [6, 6.07) is 10.9. The SMILES string of the molecule is C/C=C(/C)C(O[Si](C)(C)C(C)(C)C)[Si](C)(C)c1ccccc1. The molecule has 0 spiro atoms. The smallest absolute Gasteiger partial charge is 0.192 e. The van der Waals surface area contributed by atoms with Crippen molar-refractivity contribution in [1.82, 2.24) is 0 Å². The van der Waals surface area contributed by atoms with E-state index >= 15 is 0 Å². The van der Waals surface area contributed by atoms with Gasteiger partial charge in [0.1, 0.15) is 8.07 Å². The summed E-state index contributed by atoms with van der Waals surface area (Å²) in [7, 11) is -3.53. The zero-order valence-corrected chi connectivity index (χ0v) is 17.9. The number of hydrogen-bond donors (Lipinski definition) is 0. The molecule has 0 saturated heterocycles. The van der Waals surface area contributed by atoms with E-state index in [2.05, 4.69) is 97.2 Å². The predicted octanol–water partition coefficient (Wildman–Crippen LogP) is 5.50. The van der Waals surface area contributed by atoms with Crippen LogP contribution in [0.2, 0.25) is 31.2 Å². The highest BCUT2D eigenvalue weighted by molar-refractivity contribution is 6.92. The summed E-state index contributed by atoms with van der Waals surface area (Å²) in [6.45, 7) is 20.9. The fraction of sp³-hybridized carbons (Fsp3) is 0.579. The van der Waals surface area contributed by atoms with Gasteiger partial charge in [-0.1, -0.05) is 81.0 Å². The molecule has 0 bridgehead atoms. The molecule has 3 heteroatoms. The zero-order valence-electron chi connectivity index (χ0n) is 15.9. The standard InChI is InChI=1S/C19H34OSi2/c1-10-16(2)18(20-22(8,9)19(3,4)5)21(6,7)17-14-12-11-13-15-17/h10-15,18H,1-9H3/b16-10-. The molecule has 0 saturated carbocycles. The van der Waals surface area contributed by atoms with E-state index < -0.39 is 16.4 Å². The van der Waals surface area contributed by atoms with E-state index in [1.165, 1.54) is 10.8 Å². The summed E-state index contributed by atoms with van der Waals surface area (Å²) in [5, 5.41) is 1.71. The highest BCUT2D eigenvalue weighted by Crippen LogP contribution is 2.39. The first-order valence-electron chi connectivity index (χ1n) is 8.29. The summed E-state index contributed by atoms with van der Waals surface area (Å²) in [5.41, 5.74) is 1.63. The minimum atomic E-state index is -1.80. The molecule has 0 aromatic heterocycles. The number of rotatable bonds is 5. The van der Waals surface area contributed by atoms with Crippen LogP contribution in [0, 0.1) is 0 Å². The van der Waals surface area contributed by atoms with Crippen LogP contribution in [-0.2, 0) is 4.43 Å². The van der Waals surface area contributed by atoms with Crippen molar-refractivity contribution in [3.8, 4) is 0 Å². The Morgan fingerprint density at radius 2 is 1.55 bits per heavy atom. The first-order valence-corrected chi connectivity index (χ1v) is 14.3. The lowest BCUT2D eigenvalue weighted by Gasteiger charge is -2.44. The fourth-order valence-electron chi connectivity index (χ4n) is 2.45. The van der Waals surface area contributed by atoms with Crippen molar-refractivity contribution < 1.29 is 4.43 Å². The molecule has 1 nitrogen and oxygen atoms in total. The van der Waals surface area contributed by atoms with E-state index in [1.54, 1.807) is 0 Å². The average Bonchev–Trinajstić information content (AvgIpc) is 2.43. The van der Waals surface area contributed by atoms with Crippen molar-refractivity contribution in [2.45, 2.75) is 71.6 Å². The summed E-state index contributed by atoms with van der Waals surface area (Å²) >= 11 is 0. The van der Waals surface area contributed by atoms with E-state index in [4.69, 9.17) is 4.43 Å². The predicted molar refractivity (Wildman–Crippen MR) is 105 cm³/mol. The first kappa shape index (κ1) is 19.4. The van der Waals surface area contributed by atoms with Crippen molar-refractivity contribution in [2.75, 3.05) is 0 Å². The average molecular weight is 335 g/mol. The minimum absolute atomic E-state index is 0.237. The maximum atomic E-state index is 6.91. The van der Waals surface area contributed by atoms with Gasteiger partial charge in [-0.3, -0.25) is 0 Å². The minimum Gasteiger partial charge on any atom is -0.413 e. The third kappa shape index (κ3) is 4.21. The van der Waals surface area contributed by atoms with Crippen LogP contribution in [0.25, 0.3) is 0 Å². The molecule has 0 fully saturated rings. The van der Waals surface area contributed by atoms with Gasteiger partial charge in [0.2, 0.25) is 0 Å². The molecule has 1 aromatic carbocycles. The van der Waals surface area contributed by atoms with Gasteiger partial charge in [0.05, 0.1) is 5.73 Å². The van der Waals surface area contributed by atoms with Crippen LogP contribution in [0.3, 0.4) is 0 Å². The van der Waals surface area contributed by atoms with E-state index in [0.29, 0.717) is 0 Å². The Balaban J connectivity index is 3.26. The van der Waals surface area contributed by atoms with Gasteiger partial charge in [-0.2, -0.15) is 0 Å². The molecule has 1 unspecified atom stereocenters. The Kier molecular flexibility index (Phi) is 6.04. The van der Waals surface area contributed by atoms with Gasteiger partial charge in [-0.05, 0) is 32.0 Å². The lowest BCUT2D eigenvalue weighted by Crippen LogP contribution is -2.59. The normalized spacial score (nSPS) is 15.8. The van der Waals surface area contributed by atoms with E-state index in [9.17, 15) is 0 Å². The maximum Gasteiger partial charge on any atom is 0.192 e. The fourth-order valence-corrected chi connectivity index (χ4v) is 8.30. The lowest BCUT2D eigenvalue weighted by molar-refractivity contribution is 0.275. The van der Waals surface area contributed by atoms with Gasteiger partial charge >= 0.3 is 0 Å². The monoisotopic (exact) mass is 334 g/mol. The second-order valence-electron chi connectivity index (χ2n) is 8.38. The van der Waals surface area contributed by atoms with Crippen LogP contribution in [0.5, 0.6) is 0 Å². The number of benzene rings is 1. The quantitative estimate of drug-likeness (QED) is 0.510. The van der Waals surface area contributed by atoms with Crippen LogP contribution >= 0.6 is 0 Å². The van der Waals surface area contributed by atoms with Crippen molar-refractivity contribution in [1.29, 1.82) is 0 Å².